The molecular weight excluding hydrogens is 446 g/mol. The first-order valence-corrected chi connectivity index (χ1v) is 12.4. The lowest BCUT2D eigenvalue weighted by Gasteiger charge is -2.31. The van der Waals surface area contributed by atoms with Crippen LogP contribution in [0.15, 0.2) is 41.9 Å². The summed E-state index contributed by atoms with van der Waals surface area (Å²) in [5.74, 6) is 1.15. The van der Waals surface area contributed by atoms with Gasteiger partial charge in [-0.25, -0.2) is 28.4 Å². The van der Waals surface area contributed by atoms with Crippen LogP contribution in [0.5, 0.6) is 5.19 Å². The van der Waals surface area contributed by atoms with Crippen molar-refractivity contribution >= 4 is 38.7 Å². The fourth-order valence-corrected chi connectivity index (χ4v) is 4.58. The highest BCUT2D eigenvalue weighted by molar-refractivity contribution is 7.90. The maximum atomic E-state index is 11.5. The largest absolute Gasteiger partial charge is 0.470 e. The van der Waals surface area contributed by atoms with Gasteiger partial charge in [-0.2, -0.15) is 0 Å². The lowest BCUT2D eigenvalue weighted by atomic mass is 9.98. The molecule has 0 saturated carbocycles. The maximum absolute atomic E-state index is 11.5. The van der Waals surface area contributed by atoms with Gasteiger partial charge in [0.15, 0.2) is 14.9 Å². The standard InChI is InChI=1S/C19H20ClN5O3S2/c1-30(26,27)17-3-2-14(8-21-17)16-11-24-19(29-16)28-12-13-4-6-25(7-5-13)18-22-9-15(20)10-23-18/h2-3,8-11,13H,4-7,12H2,1H3. The molecule has 4 heterocycles. The van der Waals surface area contributed by atoms with Crippen molar-refractivity contribution in [1.82, 2.24) is 19.9 Å². The molecule has 1 saturated heterocycles. The fraction of sp³-hybridized carbons (Fsp3) is 0.368. The number of ether oxygens (including phenoxy) is 1. The van der Waals surface area contributed by atoms with E-state index in [0.717, 1.165) is 42.6 Å². The summed E-state index contributed by atoms with van der Waals surface area (Å²) in [5, 5.41) is 1.19. The number of thiazole rings is 1. The smallest absolute Gasteiger partial charge is 0.273 e. The van der Waals surface area contributed by atoms with Crippen LogP contribution in [0, 0.1) is 5.92 Å². The first kappa shape index (κ1) is 21.0. The van der Waals surface area contributed by atoms with Crippen molar-refractivity contribution in [3.63, 3.8) is 0 Å². The zero-order valence-corrected chi connectivity index (χ0v) is 18.6. The topological polar surface area (TPSA) is 98.2 Å². The molecule has 0 bridgehead atoms. The van der Waals surface area contributed by atoms with Crippen molar-refractivity contribution in [2.75, 3.05) is 30.9 Å². The molecule has 0 unspecified atom stereocenters. The Hall–Kier alpha value is -2.30. The molecule has 1 aliphatic heterocycles. The van der Waals surface area contributed by atoms with Gasteiger partial charge < -0.3 is 9.64 Å². The van der Waals surface area contributed by atoms with Crippen LogP contribution in [0.4, 0.5) is 5.95 Å². The summed E-state index contributed by atoms with van der Waals surface area (Å²) in [6.07, 6.45) is 9.61. The van der Waals surface area contributed by atoms with Crippen molar-refractivity contribution in [3.05, 3.63) is 41.9 Å². The van der Waals surface area contributed by atoms with E-state index in [9.17, 15) is 8.42 Å². The number of piperidine rings is 1. The van der Waals surface area contributed by atoms with Gasteiger partial charge in [0.2, 0.25) is 5.95 Å². The number of hydrogen-bond donors (Lipinski definition) is 0. The Labute approximate surface area is 183 Å². The number of hydrogen-bond acceptors (Lipinski definition) is 9. The monoisotopic (exact) mass is 465 g/mol. The van der Waals surface area contributed by atoms with Gasteiger partial charge in [-0.1, -0.05) is 22.9 Å². The Kier molecular flexibility index (Phi) is 6.16. The first-order chi connectivity index (χ1) is 14.4. The van der Waals surface area contributed by atoms with Crippen LogP contribution in [0.25, 0.3) is 10.4 Å². The fourth-order valence-electron chi connectivity index (χ4n) is 3.16. The van der Waals surface area contributed by atoms with Crippen LogP contribution >= 0.6 is 22.9 Å². The van der Waals surface area contributed by atoms with Crippen LogP contribution in [0.3, 0.4) is 0 Å². The van der Waals surface area contributed by atoms with Gasteiger partial charge in [0, 0.05) is 37.3 Å². The average molecular weight is 466 g/mol. The molecule has 30 heavy (non-hydrogen) atoms. The third-order valence-corrected chi connectivity index (χ3v) is 6.99. The van der Waals surface area contributed by atoms with Crippen LogP contribution in [0.2, 0.25) is 5.02 Å². The number of nitrogens with zero attached hydrogens (tertiary/aromatic N) is 5. The summed E-state index contributed by atoms with van der Waals surface area (Å²) in [6.45, 7) is 2.35. The lowest BCUT2D eigenvalue weighted by Crippen LogP contribution is -2.36. The molecule has 1 fully saturated rings. The molecule has 0 spiro atoms. The number of halogens is 1. The molecule has 1 aliphatic rings. The highest BCUT2D eigenvalue weighted by atomic mass is 35.5. The van der Waals surface area contributed by atoms with Gasteiger partial charge in [-0.15, -0.1) is 0 Å². The Morgan fingerprint density at radius 2 is 1.83 bits per heavy atom. The second-order valence-corrected chi connectivity index (χ2v) is 10.5. The van der Waals surface area contributed by atoms with Crippen molar-refractivity contribution < 1.29 is 13.2 Å². The number of aromatic nitrogens is 4. The van der Waals surface area contributed by atoms with E-state index in [1.807, 2.05) is 0 Å². The number of pyridine rings is 1. The van der Waals surface area contributed by atoms with Gasteiger partial charge in [0.25, 0.3) is 5.19 Å². The Balaban J connectivity index is 1.29. The zero-order valence-electron chi connectivity index (χ0n) is 16.2. The van der Waals surface area contributed by atoms with Gasteiger partial charge in [0.1, 0.15) is 0 Å². The van der Waals surface area contributed by atoms with Crippen LogP contribution in [0.1, 0.15) is 12.8 Å². The maximum Gasteiger partial charge on any atom is 0.273 e. The molecule has 3 aromatic heterocycles. The SMILES string of the molecule is CS(=O)(=O)c1ccc(-c2cnc(OCC3CCN(c4ncc(Cl)cn4)CC3)s2)cn1. The van der Waals surface area contributed by atoms with Crippen LogP contribution < -0.4 is 9.64 Å². The van der Waals surface area contributed by atoms with Crippen LogP contribution in [-0.4, -0.2) is 54.3 Å². The van der Waals surface area contributed by atoms with Crippen molar-refractivity contribution in [1.29, 1.82) is 0 Å². The highest BCUT2D eigenvalue weighted by Crippen LogP contribution is 2.31. The molecule has 158 valence electrons. The molecule has 0 radical (unpaired) electrons. The van der Waals surface area contributed by atoms with Gasteiger partial charge >= 0.3 is 0 Å². The minimum Gasteiger partial charge on any atom is -0.470 e. The molecule has 0 aliphatic carbocycles. The predicted molar refractivity (Wildman–Crippen MR) is 116 cm³/mol. The second-order valence-electron chi connectivity index (χ2n) is 7.09. The Morgan fingerprint density at radius 1 is 1.10 bits per heavy atom. The summed E-state index contributed by atoms with van der Waals surface area (Å²) < 4.78 is 29.0. The van der Waals surface area contributed by atoms with Crippen molar-refractivity contribution in [2.24, 2.45) is 5.92 Å². The molecule has 4 rings (SSSR count). The first-order valence-electron chi connectivity index (χ1n) is 9.36. The highest BCUT2D eigenvalue weighted by Gasteiger charge is 2.22. The van der Waals surface area contributed by atoms with E-state index in [0.29, 0.717) is 28.7 Å². The van der Waals surface area contributed by atoms with Crippen molar-refractivity contribution in [3.8, 4) is 15.6 Å². The van der Waals surface area contributed by atoms with E-state index >= 15 is 0 Å². The molecule has 0 amide bonds. The lowest BCUT2D eigenvalue weighted by molar-refractivity contribution is 0.221. The number of rotatable bonds is 6. The number of sulfone groups is 1. The third-order valence-electron chi connectivity index (χ3n) is 4.83. The van der Waals surface area contributed by atoms with E-state index in [1.165, 1.54) is 17.4 Å². The predicted octanol–water partition coefficient (Wildman–Crippen LogP) is 3.35. The molecule has 8 nitrogen and oxygen atoms in total. The molecule has 0 aromatic carbocycles. The van der Waals surface area contributed by atoms with E-state index in [-0.39, 0.29) is 5.03 Å². The van der Waals surface area contributed by atoms with Gasteiger partial charge in [-0.3, -0.25) is 0 Å². The molecule has 3 aromatic rings. The average Bonchev–Trinajstić information content (AvgIpc) is 3.22. The quantitative estimate of drug-likeness (QED) is 0.546. The third kappa shape index (κ3) is 5.05. The molecule has 0 atom stereocenters. The summed E-state index contributed by atoms with van der Waals surface area (Å²) in [6, 6.07) is 3.23. The summed E-state index contributed by atoms with van der Waals surface area (Å²) >= 11 is 7.27. The minimum atomic E-state index is -3.31. The van der Waals surface area contributed by atoms with E-state index in [4.69, 9.17) is 16.3 Å². The second kappa shape index (κ2) is 8.83. The minimum absolute atomic E-state index is 0.0579. The molecule has 11 heteroatoms. The Morgan fingerprint density at radius 3 is 2.47 bits per heavy atom. The molecule has 0 N–H and O–H groups in total. The van der Waals surface area contributed by atoms with Gasteiger partial charge in [-0.05, 0) is 30.9 Å². The van der Waals surface area contributed by atoms with Gasteiger partial charge in [0.05, 0.1) is 28.9 Å². The normalized spacial score (nSPS) is 15.3. The molecular formula is C19H20ClN5O3S2. The summed E-state index contributed by atoms with van der Waals surface area (Å²) in [7, 11) is -3.31. The van der Waals surface area contributed by atoms with E-state index in [2.05, 4.69) is 24.8 Å². The summed E-state index contributed by atoms with van der Waals surface area (Å²) in [5.41, 5.74) is 0.811. The van der Waals surface area contributed by atoms with E-state index in [1.54, 1.807) is 30.9 Å². The summed E-state index contributed by atoms with van der Waals surface area (Å²) in [4.78, 5) is 19.9. The zero-order chi connectivity index (χ0) is 21.1. The Bertz CT molecular complexity index is 1100. The number of anilines is 1. The van der Waals surface area contributed by atoms with Crippen molar-refractivity contribution in [2.45, 2.75) is 17.9 Å². The van der Waals surface area contributed by atoms with Crippen LogP contribution in [-0.2, 0) is 9.84 Å². The van der Waals surface area contributed by atoms with E-state index < -0.39 is 9.84 Å².